The van der Waals surface area contributed by atoms with Gasteiger partial charge in [-0.1, -0.05) is 0 Å². The van der Waals surface area contributed by atoms with Crippen LogP contribution in [-0.2, 0) is 57.1 Å². The SMILES string of the molecule is CC(C)=C1OC(C)=C(O[C@@H]2O[C@H](COC(=O)C(C)(C)C)[C@@H](OC(=O)C(C)(C)C)[C@H](OC(=O)C(C)(C)C)[C@H]2OC(=O)C(C)(C)C)C1=O. The highest BCUT2D eigenvalue weighted by molar-refractivity contribution is 6.08. The van der Waals surface area contributed by atoms with Gasteiger partial charge in [0, 0.05) is 0 Å². The van der Waals surface area contributed by atoms with Crippen molar-refractivity contribution in [1.29, 1.82) is 0 Å². The Bertz CT molecular complexity index is 1270. The van der Waals surface area contributed by atoms with Crippen LogP contribution in [-0.4, -0.2) is 67.0 Å². The first-order valence-corrected chi connectivity index (χ1v) is 15.4. The van der Waals surface area contributed by atoms with Gasteiger partial charge in [0.2, 0.25) is 18.2 Å². The molecule has 0 N–H and O–H groups in total. The second kappa shape index (κ2) is 13.8. The second-order valence-corrected chi connectivity index (χ2v) is 16.0. The molecule has 5 atom stereocenters. The molecule has 2 aliphatic rings. The summed E-state index contributed by atoms with van der Waals surface area (Å²) in [5.41, 5.74) is -3.36. The molecule has 0 amide bonds. The molecule has 1 saturated heterocycles. The second-order valence-electron chi connectivity index (χ2n) is 16.0. The van der Waals surface area contributed by atoms with Gasteiger partial charge in [-0.25, -0.2) is 0 Å². The van der Waals surface area contributed by atoms with Gasteiger partial charge in [-0.15, -0.1) is 0 Å². The van der Waals surface area contributed by atoms with Crippen molar-refractivity contribution in [1.82, 2.24) is 0 Å². The molecule has 46 heavy (non-hydrogen) atoms. The predicted molar refractivity (Wildman–Crippen MR) is 165 cm³/mol. The molecule has 2 rings (SSSR count). The maximum atomic E-state index is 13.4. The van der Waals surface area contributed by atoms with Crippen molar-refractivity contribution in [3.63, 3.8) is 0 Å². The van der Waals surface area contributed by atoms with Crippen molar-refractivity contribution in [2.45, 2.75) is 135 Å². The van der Waals surface area contributed by atoms with Crippen LogP contribution in [0.5, 0.6) is 0 Å². The Morgan fingerprint density at radius 3 is 1.46 bits per heavy atom. The Kier molecular flexibility index (Phi) is 11.6. The van der Waals surface area contributed by atoms with Crippen LogP contribution < -0.4 is 0 Å². The summed E-state index contributed by atoms with van der Waals surface area (Å²) in [6.07, 6.45) is -7.37. The molecule has 0 aromatic carbocycles. The number of hydrogen-bond acceptors (Lipinski definition) is 12. The first-order chi connectivity index (χ1) is 20.7. The van der Waals surface area contributed by atoms with E-state index in [4.69, 9.17) is 33.2 Å². The molecule has 0 aliphatic carbocycles. The first kappa shape index (κ1) is 38.8. The third-order valence-corrected chi connectivity index (χ3v) is 6.82. The van der Waals surface area contributed by atoms with Crippen LogP contribution >= 0.6 is 0 Å². The van der Waals surface area contributed by atoms with Crippen LogP contribution in [0, 0.1) is 21.7 Å². The van der Waals surface area contributed by atoms with E-state index in [-0.39, 0.29) is 17.3 Å². The Hall–Kier alpha value is -3.41. The van der Waals surface area contributed by atoms with Crippen molar-refractivity contribution in [2.75, 3.05) is 6.61 Å². The van der Waals surface area contributed by atoms with Crippen molar-refractivity contribution in [3.05, 3.63) is 22.9 Å². The lowest BCUT2D eigenvalue weighted by atomic mass is 9.93. The van der Waals surface area contributed by atoms with Crippen molar-refractivity contribution < 1.29 is 57.1 Å². The van der Waals surface area contributed by atoms with Crippen LogP contribution in [0.25, 0.3) is 0 Å². The Morgan fingerprint density at radius 1 is 0.652 bits per heavy atom. The van der Waals surface area contributed by atoms with E-state index < -0.39 is 88.6 Å². The lowest BCUT2D eigenvalue weighted by Gasteiger charge is -2.45. The summed E-state index contributed by atoms with van der Waals surface area (Å²) in [6, 6.07) is 0. The van der Waals surface area contributed by atoms with E-state index in [0.717, 1.165) is 0 Å². The van der Waals surface area contributed by atoms with Crippen molar-refractivity contribution in [3.8, 4) is 0 Å². The molecule has 12 heteroatoms. The zero-order chi connectivity index (χ0) is 35.7. The van der Waals surface area contributed by atoms with Gasteiger partial charge in [0.05, 0.1) is 21.7 Å². The van der Waals surface area contributed by atoms with Crippen LogP contribution in [0.3, 0.4) is 0 Å². The maximum Gasteiger partial charge on any atom is 0.311 e. The lowest BCUT2D eigenvalue weighted by molar-refractivity contribution is -0.304. The van der Waals surface area contributed by atoms with E-state index in [9.17, 15) is 24.0 Å². The third kappa shape index (κ3) is 9.56. The average Bonchev–Trinajstić information content (AvgIpc) is 3.16. The minimum Gasteiger partial charge on any atom is -0.462 e. The van der Waals surface area contributed by atoms with E-state index in [1.54, 1.807) is 96.9 Å². The van der Waals surface area contributed by atoms with Gasteiger partial charge in [0.1, 0.15) is 18.5 Å². The zero-order valence-electron chi connectivity index (χ0n) is 30.0. The third-order valence-electron chi connectivity index (χ3n) is 6.82. The summed E-state index contributed by atoms with van der Waals surface area (Å²) in [5, 5.41) is 0. The lowest BCUT2D eigenvalue weighted by Crippen LogP contribution is -2.64. The number of rotatable bonds is 7. The number of Topliss-reactive ketones (excluding diaryl/α,β-unsaturated/α-hetero) is 1. The highest BCUT2D eigenvalue weighted by Gasteiger charge is 2.56. The van der Waals surface area contributed by atoms with Crippen molar-refractivity contribution >= 4 is 29.7 Å². The van der Waals surface area contributed by atoms with Gasteiger partial charge in [0.15, 0.2) is 18.0 Å². The average molecular weight is 653 g/mol. The minimum absolute atomic E-state index is 0.0647. The summed E-state index contributed by atoms with van der Waals surface area (Å²) < 4.78 is 41.4. The highest BCUT2D eigenvalue weighted by Crippen LogP contribution is 2.37. The molecular weight excluding hydrogens is 600 g/mol. The largest absolute Gasteiger partial charge is 0.462 e. The summed E-state index contributed by atoms with van der Waals surface area (Å²) in [7, 11) is 0. The summed E-state index contributed by atoms with van der Waals surface area (Å²) in [5.74, 6) is -3.27. The first-order valence-electron chi connectivity index (χ1n) is 15.4. The molecule has 0 radical (unpaired) electrons. The maximum absolute atomic E-state index is 13.4. The van der Waals surface area contributed by atoms with E-state index in [0.29, 0.717) is 5.57 Å². The molecule has 12 nitrogen and oxygen atoms in total. The predicted octanol–water partition coefficient (Wildman–Crippen LogP) is 5.32. The normalized spacial score (nSPS) is 24.2. The molecule has 0 spiro atoms. The summed E-state index contributed by atoms with van der Waals surface area (Å²) >= 11 is 0. The molecule has 2 heterocycles. The molecular formula is C34H52O12. The van der Waals surface area contributed by atoms with E-state index in [1.165, 1.54) is 6.92 Å². The Balaban J connectivity index is 2.77. The molecule has 0 bridgehead atoms. The van der Waals surface area contributed by atoms with Crippen LogP contribution in [0.2, 0.25) is 0 Å². The Morgan fingerprint density at radius 2 is 1.07 bits per heavy atom. The van der Waals surface area contributed by atoms with Gasteiger partial charge in [-0.3, -0.25) is 24.0 Å². The quantitative estimate of drug-likeness (QED) is 0.199. The van der Waals surface area contributed by atoms with Gasteiger partial charge >= 0.3 is 23.9 Å². The van der Waals surface area contributed by atoms with Gasteiger partial charge in [0.25, 0.3) is 5.78 Å². The van der Waals surface area contributed by atoms with Gasteiger partial charge in [-0.2, -0.15) is 0 Å². The summed E-state index contributed by atoms with van der Waals surface area (Å²) in [4.78, 5) is 66.1. The van der Waals surface area contributed by atoms with E-state index in [1.807, 2.05) is 0 Å². The monoisotopic (exact) mass is 652 g/mol. The van der Waals surface area contributed by atoms with E-state index >= 15 is 0 Å². The number of carbonyl (C=O) groups excluding carboxylic acids is 5. The van der Waals surface area contributed by atoms with Crippen LogP contribution in [0.4, 0.5) is 0 Å². The molecule has 0 unspecified atom stereocenters. The standard InChI is InChI=1S/C34H52O12/c1-17(2)21-20(35)22(18(3)41-21)43-26-25(46-30(39)34(13,14)15)24(45-29(38)33(10,11)12)23(44-28(37)32(7,8)9)19(42-26)16-40-27(36)31(4,5)6/h19,23-26H,16H2,1-15H3/t19-,23-,24+,25-,26+/m1/s1. The number of esters is 4. The fourth-order valence-electron chi connectivity index (χ4n) is 3.88. The minimum atomic E-state index is -1.60. The number of carbonyl (C=O) groups is 5. The molecule has 0 aromatic rings. The molecule has 1 fully saturated rings. The zero-order valence-corrected chi connectivity index (χ0v) is 30.0. The number of hydrogen-bond donors (Lipinski definition) is 0. The fraction of sp³-hybridized carbons (Fsp3) is 0.735. The molecule has 0 saturated carbocycles. The summed E-state index contributed by atoms with van der Waals surface area (Å²) in [6.45, 7) is 24.1. The Labute approximate surface area is 272 Å². The number of allylic oxidation sites excluding steroid dienone is 2. The number of ketones is 1. The topological polar surface area (TPSA) is 150 Å². The fourth-order valence-corrected chi connectivity index (χ4v) is 3.88. The van der Waals surface area contributed by atoms with Gasteiger partial charge in [-0.05, 0) is 109 Å². The van der Waals surface area contributed by atoms with Gasteiger partial charge < -0.3 is 33.2 Å². The number of ether oxygens (including phenoxy) is 7. The van der Waals surface area contributed by atoms with Crippen molar-refractivity contribution in [2.24, 2.45) is 21.7 Å². The van der Waals surface area contributed by atoms with E-state index in [2.05, 4.69) is 0 Å². The highest BCUT2D eigenvalue weighted by atomic mass is 16.7. The smallest absolute Gasteiger partial charge is 0.311 e. The van der Waals surface area contributed by atoms with Crippen LogP contribution in [0.1, 0.15) is 104 Å². The van der Waals surface area contributed by atoms with Crippen LogP contribution in [0.15, 0.2) is 22.9 Å². The molecule has 2 aliphatic heterocycles. The molecule has 260 valence electrons. The molecule has 0 aromatic heterocycles.